The molecular weight excluding hydrogens is 316 g/mol. The van der Waals surface area contributed by atoms with Gasteiger partial charge in [-0.15, -0.1) is 0 Å². The minimum absolute atomic E-state index is 0.0391. The first kappa shape index (κ1) is 16.1. The van der Waals surface area contributed by atoms with Crippen molar-refractivity contribution in [2.75, 3.05) is 19.7 Å². The molecule has 1 saturated heterocycles. The third-order valence-electron chi connectivity index (χ3n) is 5.18. The van der Waals surface area contributed by atoms with Gasteiger partial charge in [0, 0.05) is 31.2 Å². The highest BCUT2D eigenvalue weighted by atomic mass is 16.5. The summed E-state index contributed by atoms with van der Waals surface area (Å²) in [5.74, 6) is 0.810. The van der Waals surface area contributed by atoms with Crippen molar-refractivity contribution in [3.8, 4) is 0 Å². The molecule has 2 aromatic rings. The number of ether oxygens (including phenoxy) is 1. The lowest BCUT2D eigenvalue weighted by atomic mass is 9.83. The van der Waals surface area contributed by atoms with Crippen LogP contribution in [0.1, 0.15) is 46.0 Å². The van der Waals surface area contributed by atoms with Crippen LogP contribution in [0.2, 0.25) is 0 Å². The molecule has 6 heteroatoms. The van der Waals surface area contributed by atoms with Crippen LogP contribution in [-0.4, -0.2) is 45.5 Å². The molecule has 0 saturated carbocycles. The lowest BCUT2D eigenvalue weighted by Crippen LogP contribution is -2.49. The average Bonchev–Trinajstić information content (AvgIpc) is 2.63. The third-order valence-corrected chi connectivity index (χ3v) is 5.18. The summed E-state index contributed by atoms with van der Waals surface area (Å²) in [7, 11) is 0. The maximum atomic E-state index is 12.7. The molecule has 0 aliphatic carbocycles. The summed E-state index contributed by atoms with van der Waals surface area (Å²) in [6, 6.07) is 3.72. The Morgan fingerprint density at radius 3 is 2.68 bits per heavy atom. The van der Waals surface area contributed by atoms with Gasteiger partial charge in [0.25, 0.3) is 5.91 Å². The molecule has 25 heavy (non-hydrogen) atoms. The highest BCUT2D eigenvalue weighted by Crippen LogP contribution is 2.40. The van der Waals surface area contributed by atoms with E-state index in [0.29, 0.717) is 25.3 Å². The van der Waals surface area contributed by atoms with Crippen LogP contribution in [0.15, 0.2) is 24.5 Å². The zero-order valence-electron chi connectivity index (χ0n) is 14.7. The maximum absolute atomic E-state index is 12.7. The highest BCUT2D eigenvalue weighted by molar-refractivity contribution is 5.94. The number of likely N-dealkylation sites (tertiary alicyclic amines) is 1. The van der Waals surface area contributed by atoms with Crippen molar-refractivity contribution < 1.29 is 9.53 Å². The number of rotatable bonds is 1. The second-order valence-electron chi connectivity index (χ2n) is 6.86. The number of fused-ring (bicyclic) bond motifs is 2. The fourth-order valence-corrected chi connectivity index (χ4v) is 3.73. The Labute approximate surface area is 147 Å². The zero-order valence-corrected chi connectivity index (χ0v) is 14.7. The fraction of sp³-hybridized carbons (Fsp3) is 0.474. The molecular formula is C19H22N4O2. The fourth-order valence-electron chi connectivity index (χ4n) is 3.73. The van der Waals surface area contributed by atoms with Gasteiger partial charge in [-0.1, -0.05) is 0 Å². The minimum atomic E-state index is -0.371. The van der Waals surface area contributed by atoms with Gasteiger partial charge >= 0.3 is 0 Å². The molecule has 1 amide bonds. The van der Waals surface area contributed by atoms with E-state index in [1.807, 2.05) is 37.1 Å². The van der Waals surface area contributed by atoms with E-state index in [4.69, 9.17) is 4.74 Å². The van der Waals surface area contributed by atoms with Gasteiger partial charge in [-0.2, -0.15) is 0 Å². The van der Waals surface area contributed by atoms with E-state index in [-0.39, 0.29) is 11.5 Å². The van der Waals surface area contributed by atoms with Crippen molar-refractivity contribution in [2.45, 2.75) is 38.7 Å². The molecule has 1 fully saturated rings. The minimum Gasteiger partial charge on any atom is -0.368 e. The van der Waals surface area contributed by atoms with Crippen molar-refractivity contribution in [3.05, 3.63) is 52.9 Å². The van der Waals surface area contributed by atoms with Gasteiger partial charge in [0.15, 0.2) is 0 Å². The van der Waals surface area contributed by atoms with E-state index in [0.717, 1.165) is 36.5 Å². The van der Waals surface area contributed by atoms with Gasteiger partial charge in [0.05, 0.1) is 17.9 Å². The van der Waals surface area contributed by atoms with Crippen molar-refractivity contribution in [2.24, 2.45) is 0 Å². The number of carbonyl (C=O) groups is 1. The SMILES string of the molecule is Cc1ccc(C(=O)N2CCC3(CC2)OCCc2cnc(C)nc23)cn1. The first-order valence-electron chi connectivity index (χ1n) is 8.76. The number of aryl methyl sites for hydroxylation is 2. The van der Waals surface area contributed by atoms with Crippen LogP contribution in [-0.2, 0) is 16.8 Å². The van der Waals surface area contributed by atoms with E-state index in [1.165, 1.54) is 5.56 Å². The lowest BCUT2D eigenvalue weighted by molar-refractivity contribution is -0.0968. The average molecular weight is 338 g/mol. The van der Waals surface area contributed by atoms with Gasteiger partial charge in [-0.05, 0) is 50.8 Å². The number of nitrogens with zero attached hydrogens (tertiary/aromatic N) is 4. The molecule has 0 atom stereocenters. The molecule has 2 aliphatic heterocycles. The van der Waals surface area contributed by atoms with E-state index >= 15 is 0 Å². The largest absolute Gasteiger partial charge is 0.368 e. The van der Waals surface area contributed by atoms with Crippen LogP contribution in [0.25, 0.3) is 0 Å². The van der Waals surface area contributed by atoms with Gasteiger partial charge in [-0.3, -0.25) is 9.78 Å². The molecule has 0 aromatic carbocycles. The molecule has 2 aromatic heterocycles. The van der Waals surface area contributed by atoms with Crippen molar-refractivity contribution in [1.82, 2.24) is 19.9 Å². The van der Waals surface area contributed by atoms with Gasteiger partial charge in [0.2, 0.25) is 0 Å². The quantitative estimate of drug-likeness (QED) is 0.797. The Morgan fingerprint density at radius 2 is 1.96 bits per heavy atom. The monoisotopic (exact) mass is 338 g/mol. The van der Waals surface area contributed by atoms with E-state index in [1.54, 1.807) is 6.20 Å². The Kier molecular flexibility index (Phi) is 4.00. The van der Waals surface area contributed by atoms with Crippen molar-refractivity contribution >= 4 is 5.91 Å². The number of pyridine rings is 1. The summed E-state index contributed by atoms with van der Waals surface area (Å²) < 4.78 is 6.20. The predicted molar refractivity (Wildman–Crippen MR) is 92.2 cm³/mol. The van der Waals surface area contributed by atoms with E-state index in [9.17, 15) is 4.79 Å². The Bertz CT molecular complexity index is 796. The normalized spacial score (nSPS) is 18.9. The second-order valence-corrected chi connectivity index (χ2v) is 6.86. The first-order chi connectivity index (χ1) is 12.1. The third kappa shape index (κ3) is 2.91. The molecule has 6 nitrogen and oxygen atoms in total. The summed E-state index contributed by atoms with van der Waals surface area (Å²) in [6.45, 7) is 5.84. The van der Waals surface area contributed by atoms with E-state index in [2.05, 4.69) is 15.0 Å². The van der Waals surface area contributed by atoms with Crippen LogP contribution in [0, 0.1) is 13.8 Å². The number of carbonyl (C=O) groups excluding carboxylic acids is 1. The van der Waals surface area contributed by atoms with Crippen LogP contribution in [0.4, 0.5) is 0 Å². The molecule has 4 heterocycles. The molecule has 0 bridgehead atoms. The van der Waals surface area contributed by atoms with E-state index < -0.39 is 0 Å². The van der Waals surface area contributed by atoms with Crippen LogP contribution < -0.4 is 0 Å². The number of hydrogen-bond donors (Lipinski definition) is 0. The maximum Gasteiger partial charge on any atom is 0.255 e. The standard InChI is InChI=1S/C19H22N4O2/c1-13-3-4-16(12-20-13)18(24)23-8-6-19(7-9-23)17-15(5-10-25-19)11-21-14(2)22-17/h3-4,11-12H,5-10H2,1-2H3. The highest BCUT2D eigenvalue weighted by Gasteiger charge is 2.43. The summed E-state index contributed by atoms with van der Waals surface area (Å²) in [5, 5.41) is 0. The number of hydrogen-bond acceptors (Lipinski definition) is 5. The van der Waals surface area contributed by atoms with Gasteiger partial charge in [-0.25, -0.2) is 9.97 Å². The van der Waals surface area contributed by atoms with Crippen molar-refractivity contribution in [1.29, 1.82) is 0 Å². The molecule has 130 valence electrons. The summed E-state index contributed by atoms with van der Waals surface area (Å²) in [4.78, 5) is 27.8. The molecule has 0 radical (unpaired) electrons. The molecule has 0 N–H and O–H groups in total. The Balaban J connectivity index is 1.53. The first-order valence-corrected chi connectivity index (χ1v) is 8.76. The van der Waals surface area contributed by atoms with Gasteiger partial charge < -0.3 is 9.64 Å². The van der Waals surface area contributed by atoms with Gasteiger partial charge in [0.1, 0.15) is 11.4 Å². The number of piperidine rings is 1. The predicted octanol–water partition coefficient (Wildman–Crippen LogP) is 2.19. The lowest BCUT2D eigenvalue weighted by Gasteiger charge is -2.44. The Hall–Kier alpha value is -2.34. The van der Waals surface area contributed by atoms with Crippen molar-refractivity contribution in [3.63, 3.8) is 0 Å². The number of aromatic nitrogens is 3. The molecule has 4 rings (SSSR count). The molecule has 0 unspecified atom stereocenters. The molecule has 2 aliphatic rings. The van der Waals surface area contributed by atoms with Crippen LogP contribution in [0.5, 0.6) is 0 Å². The Morgan fingerprint density at radius 1 is 1.16 bits per heavy atom. The topological polar surface area (TPSA) is 68.2 Å². The zero-order chi connectivity index (χ0) is 17.4. The summed E-state index contributed by atoms with van der Waals surface area (Å²) in [5.41, 5.74) is 3.39. The smallest absolute Gasteiger partial charge is 0.255 e. The summed E-state index contributed by atoms with van der Waals surface area (Å²) in [6.07, 6.45) is 5.97. The number of amides is 1. The molecule has 1 spiro atoms. The van der Waals surface area contributed by atoms with Crippen LogP contribution in [0.3, 0.4) is 0 Å². The summed E-state index contributed by atoms with van der Waals surface area (Å²) >= 11 is 0. The van der Waals surface area contributed by atoms with Crippen LogP contribution >= 0.6 is 0 Å². The second kappa shape index (κ2) is 6.19.